The third-order valence-corrected chi connectivity index (χ3v) is 2.42. The molecule has 3 atom stereocenters. The van der Waals surface area contributed by atoms with E-state index in [-0.39, 0.29) is 6.10 Å². The Morgan fingerprint density at radius 1 is 1.56 bits per heavy atom. The molecule has 0 bridgehead atoms. The molecule has 0 unspecified atom stereocenters. The second-order valence-corrected chi connectivity index (χ2v) is 3.02. The minimum Gasteiger partial charge on any atom is -0.393 e. The minimum absolute atomic E-state index is 0.120. The standard InChI is InChI=1S/C7H15NO/c1-5-2-3-7(9)6(5)4-8/h5-7,9H,2-4,8H2,1H3/t5-,6+,7+/m0/s1. The molecule has 9 heavy (non-hydrogen) atoms. The highest BCUT2D eigenvalue weighted by Crippen LogP contribution is 2.30. The first-order valence-corrected chi connectivity index (χ1v) is 3.64. The number of rotatable bonds is 1. The molecule has 1 fully saturated rings. The van der Waals surface area contributed by atoms with Gasteiger partial charge in [-0.3, -0.25) is 0 Å². The summed E-state index contributed by atoms with van der Waals surface area (Å²) in [6, 6.07) is 0. The monoisotopic (exact) mass is 129 g/mol. The molecule has 2 nitrogen and oxygen atoms in total. The first-order chi connectivity index (χ1) is 4.25. The topological polar surface area (TPSA) is 46.2 Å². The first kappa shape index (κ1) is 7.03. The summed E-state index contributed by atoms with van der Waals surface area (Å²) in [6.45, 7) is 2.80. The fourth-order valence-electron chi connectivity index (χ4n) is 1.63. The van der Waals surface area contributed by atoms with Crippen molar-refractivity contribution in [1.82, 2.24) is 0 Å². The molecule has 2 heteroatoms. The molecule has 0 saturated heterocycles. The van der Waals surface area contributed by atoms with E-state index in [1.807, 2.05) is 0 Å². The van der Waals surface area contributed by atoms with E-state index in [2.05, 4.69) is 6.92 Å². The van der Waals surface area contributed by atoms with Crippen LogP contribution in [0.4, 0.5) is 0 Å². The van der Waals surface area contributed by atoms with E-state index in [9.17, 15) is 5.11 Å². The Hall–Kier alpha value is -0.0800. The zero-order valence-electron chi connectivity index (χ0n) is 5.88. The fraction of sp³-hybridized carbons (Fsp3) is 1.00. The Bertz CT molecular complexity index is 84.9. The summed E-state index contributed by atoms with van der Waals surface area (Å²) in [5, 5.41) is 9.28. The third-order valence-electron chi connectivity index (χ3n) is 2.42. The highest BCUT2D eigenvalue weighted by atomic mass is 16.3. The molecule has 3 N–H and O–H groups in total. The lowest BCUT2D eigenvalue weighted by Crippen LogP contribution is -2.26. The van der Waals surface area contributed by atoms with E-state index >= 15 is 0 Å². The van der Waals surface area contributed by atoms with Crippen molar-refractivity contribution in [2.45, 2.75) is 25.9 Å². The van der Waals surface area contributed by atoms with E-state index < -0.39 is 0 Å². The van der Waals surface area contributed by atoms with Crippen molar-refractivity contribution in [1.29, 1.82) is 0 Å². The molecule has 0 aliphatic heterocycles. The summed E-state index contributed by atoms with van der Waals surface area (Å²) in [5.41, 5.74) is 5.45. The van der Waals surface area contributed by atoms with Crippen molar-refractivity contribution in [3.05, 3.63) is 0 Å². The third kappa shape index (κ3) is 1.25. The quantitative estimate of drug-likeness (QED) is 0.536. The smallest absolute Gasteiger partial charge is 0.0583 e. The molecular formula is C7H15NO. The highest BCUT2D eigenvalue weighted by Gasteiger charge is 2.30. The summed E-state index contributed by atoms with van der Waals surface area (Å²) in [7, 11) is 0. The molecule has 1 aliphatic carbocycles. The summed E-state index contributed by atoms with van der Waals surface area (Å²) >= 11 is 0. The van der Waals surface area contributed by atoms with E-state index in [0.717, 1.165) is 12.8 Å². The van der Waals surface area contributed by atoms with Gasteiger partial charge in [-0.1, -0.05) is 6.92 Å². The molecule has 0 spiro atoms. The van der Waals surface area contributed by atoms with E-state index in [1.54, 1.807) is 0 Å². The minimum atomic E-state index is -0.120. The number of aliphatic hydroxyl groups excluding tert-OH is 1. The summed E-state index contributed by atoms with van der Waals surface area (Å²) in [4.78, 5) is 0. The lowest BCUT2D eigenvalue weighted by Gasteiger charge is -2.15. The molecule has 0 radical (unpaired) electrons. The molecule has 1 aliphatic rings. The van der Waals surface area contributed by atoms with Gasteiger partial charge in [0.15, 0.2) is 0 Å². The first-order valence-electron chi connectivity index (χ1n) is 3.64. The van der Waals surface area contributed by atoms with Gasteiger partial charge in [0.2, 0.25) is 0 Å². The maximum absolute atomic E-state index is 9.28. The molecule has 0 aromatic heterocycles. The summed E-state index contributed by atoms with van der Waals surface area (Å²) in [6.07, 6.45) is 1.97. The lowest BCUT2D eigenvalue weighted by atomic mass is 9.97. The van der Waals surface area contributed by atoms with Gasteiger partial charge in [-0.05, 0) is 31.2 Å². The normalized spacial score (nSPS) is 43.7. The second kappa shape index (κ2) is 2.67. The molecule has 0 aromatic carbocycles. The predicted molar refractivity (Wildman–Crippen MR) is 36.9 cm³/mol. The Morgan fingerprint density at radius 3 is 2.44 bits per heavy atom. The largest absolute Gasteiger partial charge is 0.393 e. The average Bonchev–Trinajstić information content (AvgIpc) is 2.12. The van der Waals surface area contributed by atoms with Crippen molar-refractivity contribution in [2.24, 2.45) is 17.6 Å². The van der Waals surface area contributed by atoms with Crippen LogP contribution >= 0.6 is 0 Å². The van der Waals surface area contributed by atoms with Gasteiger partial charge in [0.05, 0.1) is 6.10 Å². The lowest BCUT2D eigenvalue weighted by molar-refractivity contribution is 0.124. The van der Waals surface area contributed by atoms with Gasteiger partial charge in [0, 0.05) is 0 Å². The highest BCUT2D eigenvalue weighted by molar-refractivity contribution is 4.82. The average molecular weight is 129 g/mol. The Morgan fingerprint density at radius 2 is 2.22 bits per heavy atom. The van der Waals surface area contributed by atoms with Crippen molar-refractivity contribution < 1.29 is 5.11 Å². The van der Waals surface area contributed by atoms with Gasteiger partial charge in [-0.15, -0.1) is 0 Å². The van der Waals surface area contributed by atoms with Crippen molar-refractivity contribution in [2.75, 3.05) is 6.54 Å². The molecule has 1 saturated carbocycles. The summed E-state index contributed by atoms with van der Waals surface area (Å²) < 4.78 is 0. The van der Waals surface area contributed by atoms with Crippen LogP contribution in [0.3, 0.4) is 0 Å². The second-order valence-electron chi connectivity index (χ2n) is 3.02. The van der Waals surface area contributed by atoms with Crippen molar-refractivity contribution >= 4 is 0 Å². The fourth-order valence-corrected chi connectivity index (χ4v) is 1.63. The predicted octanol–water partition coefficient (Wildman–Crippen LogP) is 0.352. The van der Waals surface area contributed by atoms with Gasteiger partial charge >= 0.3 is 0 Å². The molecule has 54 valence electrons. The van der Waals surface area contributed by atoms with Crippen LogP contribution in [0.2, 0.25) is 0 Å². The SMILES string of the molecule is C[C@H]1CC[C@@H](O)[C@@H]1CN. The van der Waals surface area contributed by atoms with Crippen LogP contribution in [-0.2, 0) is 0 Å². The van der Waals surface area contributed by atoms with E-state index in [1.165, 1.54) is 0 Å². The zero-order valence-corrected chi connectivity index (χ0v) is 5.88. The van der Waals surface area contributed by atoms with Gasteiger partial charge in [-0.25, -0.2) is 0 Å². The molecule has 0 heterocycles. The number of aliphatic hydroxyl groups is 1. The Kier molecular flexibility index (Phi) is 2.09. The van der Waals surface area contributed by atoms with Gasteiger partial charge in [-0.2, -0.15) is 0 Å². The number of hydrogen-bond donors (Lipinski definition) is 2. The van der Waals surface area contributed by atoms with Gasteiger partial charge in [0.1, 0.15) is 0 Å². The van der Waals surface area contributed by atoms with Crippen LogP contribution in [0.1, 0.15) is 19.8 Å². The van der Waals surface area contributed by atoms with E-state index in [0.29, 0.717) is 18.4 Å². The Balaban J connectivity index is 2.44. The number of hydrogen-bond acceptors (Lipinski definition) is 2. The molecular weight excluding hydrogens is 114 g/mol. The maximum Gasteiger partial charge on any atom is 0.0583 e. The molecule has 0 amide bonds. The van der Waals surface area contributed by atoms with Crippen molar-refractivity contribution in [3.63, 3.8) is 0 Å². The van der Waals surface area contributed by atoms with Crippen LogP contribution in [-0.4, -0.2) is 17.8 Å². The van der Waals surface area contributed by atoms with Crippen LogP contribution < -0.4 is 5.73 Å². The van der Waals surface area contributed by atoms with Gasteiger partial charge in [0.25, 0.3) is 0 Å². The maximum atomic E-state index is 9.28. The van der Waals surface area contributed by atoms with Crippen LogP contribution in [0.15, 0.2) is 0 Å². The number of nitrogens with two attached hydrogens (primary N) is 1. The van der Waals surface area contributed by atoms with Crippen LogP contribution in [0, 0.1) is 11.8 Å². The summed E-state index contributed by atoms with van der Waals surface area (Å²) in [5.74, 6) is 0.995. The molecule has 0 aromatic rings. The Labute approximate surface area is 56.1 Å². The van der Waals surface area contributed by atoms with Crippen LogP contribution in [0.5, 0.6) is 0 Å². The van der Waals surface area contributed by atoms with Crippen LogP contribution in [0.25, 0.3) is 0 Å². The van der Waals surface area contributed by atoms with Crippen molar-refractivity contribution in [3.8, 4) is 0 Å². The zero-order chi connectivity index (χ0) is 6.85. The van der Waals surface area contributed by atoms with Gasteiger partial charge < -0.3 is 10.8 Å². The van der Waals surface area contributed by atoms with E-state index in [4.69, 9.17) is 5.73 Å². The molecule has 1 rings (SSSR count).